The van der Waals surface area contributed by atoms with Crippen LogP contribution in [-0.4, -0.2) is 27.2 Å². The molecule has 2 heterocycles. The van der Waals surface area contributed by atoms with Crippen LogP contribution in [0.15, 0.2) is 74.5 Å². The fourth-order valence-corrected chi connectivity index (χ4v) is 6.40. The highest BCUT2D eigenvalue weighted by molar-refractivity contribution is 6.11. The molecule has 0 unspecified atom stereocenters. The first-order valence-corrected chi connectivity index (χ1v) is 17.3. The molecule has 2 aliphatic rings. The van der Waals surface area contributed by atoms with Gasteiger partial charge >= 0.3 is 0 Å². The molecule has 0 amide bonds. The summed E-state index contributed by atoms with van der Waals surface area (Å²) in [6.45, 7) is 26.0. The van der Waals surface area contributed by atoms with Crippen LogP contribution in [-0.2, 0) is 11.2 Å². The molecule has 2 aromatic carbocycles. The number of carbonyl (C=O) groups excluding carboxylic acids is 1. The van der Waals surface area contributed by atoms with Gasteiger partial charge in [-0.25, -0.2) is 0 Å². The van der Waals surface area contributed by atoms with Crippen molar-refractivity contribution in [2.75, 3.05) is 0 Å². The number of ether oxygens (including phenoxy) is 2. The Morgan fingerprint density at radius 3 is 2.00 bits per heavy atom. The monoisotopic (exact) mass is 680 g/mol. The van der Waals surface area contributed by atoms with Gasteiger partial charge in [-0.2, -0.15) is 0 Å². The zero-order valence-corrected chi connectivity index (χ0v) is 31.8. The van der Waals surface area contributed by atoms with Gasteiger partial charge in [0.25, 0.3) is 0 Å². The van der Waals surface area contributed by atoms with Crippen molar-refractivity contribution >= 4 is 22.8 Å². The third-order valence-corrected chi connectivity index (χ3v) is 9.47. The summed E-state index contributed by atoms with van der Waals surface area (Å²) >= 11 is 0. The predicted molar refractivity (Wildman–Crippen MR) is 201 cm³/mol. The molecule has 5 rings (SSSR count). The maximum Gasteiger partial charge on any atom is 0.200 e. The van der Waals surface area contributed by atoms with Crippen LogP contribution in [0.4, 0.5) is 0 Å². The minimum Gasteiger partial charge on any atom is -0.507 e. The molecule has 0 atom stereocenters. The third-order valence-electron chi connectivity index (χ3n) is 9.47. The quantitative estimate of drug-likeness (QED) is 0.258. The van der Waals surface area contributed by atoms with Gasteiger partial charge in [0.05, 0.1) is 11.1 Å². The van der Waals surface area contributed by atoms with E-state index >= 15 is 0 Å². The van der Waals surface area contributed by atoms with Gasteiger partial charge in [0.1, 0.15) is 39.7 Å². The minimum atomic E-state index is -1.03. The number of ketones is 1. The molecule has 0 saturated carbocycles. The van der Waals surface area contributed by atoms with Gasteiger partial charge in [0.15, 0.2) is 17.0 Å². The van der Waals surface area contributed by atoms with Crippen molar-refractivity contribution in [1.29, 1.82) is 0 Å². The molecule has 7 heteroatoms. The first-order valence-electron chi connectivity index (χ1n) is 17.3. The van der Waals surface area contributed by atoms with Crippen molar-refractivity contribution < 1.29 is 28.9 Å². The second-order valence-electron chi connectivity index (χ2n) is 17.5. The Kier molecular flexibility index (Phi) is 8.87. The summed E-state index contributed by atoms with van der Waals surface area (Å²) in [5, 5.41) is 22.8. The lowest BCUT2D eigenvalue weighted by Crippen LogP contribution is -2.49. The van der Waals surface area contributed by atoms with Gasteiger partial charge in [-0.3, -0.25) is 9.59 Å². The molecule has 2 N–H and O–H groups in total. The van der Waals surface area contributed by atoms with Crippen LogP contribution in [0.3, 0.4) is 0 Å². The summed E-state index contributed by atoms with van der Waals surface area (Å²) in [5.74, 6) is 0.590. The van der Waals surface area contributed by atoms with Crippen molar-refractivity contribution in [3.8, 4) is 34.3 Å². The largest absolute Gasteiger partial charge is 0.507 e. The maximum absolute atomic E-state index is 14.2. The van der Waals surface area contributed by atoms with Crippen molar-refractivity contribution in [3.05, 3.63) is 86.6 Å². The number of carbonyl (C=O) groups is 1. The normalized spacial score (nSPS) is 17.1. The number of fused-ring (bicyclic) bond motifs is 3. The molecule has 50 heavy (non-hydrogen) atoms. The van der Waals surface area contributed by atoms with E-state index in [-0.39, 0.29) is 40.4 Å². The first-order chi connectivity index (χ1) is 22.8. The number of phenols is 2. The molecule has 7 nitrogen and oxygen atoms in total. The second kappa shape index (κ2) is 12.1. The number of rotatable bonds is 5. The fraction of sp³-hybridized carbons (Fsp3) is 0.442. The average molecular weight is 681 g/mol. The number of allylic oxidation sites excluding steroid dienone is 4. The Balaban J connectivity index is 1.72. The van der Waals surface area contributed by atoms with Crippen LogP contribution in [0.5, 0.6) is 23.0 Å². The Labute approximate surface area is 296 Å². The standard InChI is InChI=1S/C43H52O7/c1-24(2)14-16-28-35(46)34-32(45)21-33-27(18-19-42(12,13)50-33)38(34)48-37(28)26-17-15-25(20-31(26)44)49-43(41(9,10)11)22-29(39(3,4)5)36(47)30(23-43)40(6,7)8/h14-15,17-23,44-45H,16H2,1-13H3. The summed E-state index contributed by atoms with van der Waals surface area (Å²) in [5.41, 5.74) is 0.245. The lowest BCUT2D eigenvalue weighted by atomic mass is 9.64. The minimum absolute atomic E-state index is 0.0129. The number of Topliss-reactive ketones (excluding diaryl/α,β-unsaturated/α-hetero) is 1. The number of hydrogen-bond donors (Lipinski definition) is 2. The van der Waals surface area contributed by atoms with E-state index < -0.39 is 32.9 Å². The number of hydrogen-bond acceptors (Lipinski definition) is 7. The van der Waals surface area contributed by atoms with Gasteiger partial charge in [-0.15, -0.1) is 0 Å². The van der Waals surface area contributed by atoms with E-state index in [0.29, 0.717) is 39.3 Å². The fourth-order valence-electron chi connectivity index (χ4n) is 6.40. The summed E-state index contributed by atoms with van der Waals surface area (Å²) in [7, 11) is 0. The van der Waals surface area contributed by atoms with Gasteiger partial charge < -0.3 is 24.1 Å². The average Bonchev–Trinajstić information content (AvgIpc) is 2.95. The van der Waals surface area contributed by atoms with E-state index in [1.807, 2.05) is 99.6 Å². The highest BCUT2D eigenvalue weighted by Gasteiger charge is 2.48. The summed E-state index contributed by atoms with van der Waals surface area (Å²) in [6.07, 6.45) is 9.73. The van der Waals surface area contributed by atoms with E-state index in [1.165, 1.54) is 12.1 Å². The van der Waals surface area contributed by atoms with Gasteiger partial charge in [0, 0.05) is 34.3 Å². The van der Waals surface area contributed by atoms with Gasteiger partial charge in [0.2, 0.25) is 5.43 Å². The molecule has 266 valence electrons. The SMILES string of the molecule is CC(C)=CCc1c(-c2ccc(OC3(C(C)(C)C)C=C(C(C)(C)C)C(=O)C(C(C)(C)C)=C3)cc2O)oc2c3c(cc(O)c2c1=O)OC(C)(C)C=C3. The van der Waals surface area contributed by atoms with E-state index in [1.54, 1.807) is 12.1 Å². The Bertz CT molecular complexity index is 2040. The van der Waals surface area contributed by atoms with E-state index in [0.717, 1.165) is 5.57 Å². The zero-order chi connectivity index (χ0) is 37.4. The Morgan fingerprint density at radius 2 is 1.48 bits per heavy atom. The Morgan fingerprint density at radius 1 is 0.880 bits per heavy atom. The van der Waals surface area contributed by atoms with E-state index in [2.05, 4.69) is 20.8 Å². The zero-order valence-electron chi connectivity index (χ0n) is 31.8. The van der Waals surface area contributed by atoms with Crippen molar-refractivity contribution in [2.45, 2.75) is 108 Å². The topological polar surface area (TPSA) is 106 Å². The first kappa shape index (κ1) is 36.8. The molecule has 1 aliphatic carbocycles. The van der Waals surface area contributed by atoms with E-state index in [4.69, 9.17) is 13.9 Å². The van der Waals surface area contributed by atoms with Crippen molar-refractivity contribution in [2.24, 2.45) is 16.2 Å². The lowest BCUT2D eigenvalue weighted by Gasteiger charge is -2.46. The van der Waals surface area contributed by atoms with Gasteiger partial charge in [-0.05, 0) is 81.4 Å². The van der Waals surface area contributed by atoms with Crippen LogP contribution >= 0.6 is 0 Å². The van der Waals surface area contributed by atoms with Crippen molar-refractivity contribution in [1.82, 2.24) is 0 Å². The molecule has 0 radical (unpaired) electrons. The molecule has 0 bridgehead atoms. The van der Waals surface area contributed by atoms with Crippen LogP contribution in [0.1, 0.15) is 101 Å². The molecule has 0 saturated heterocycles. The van der Waals surface area contributed by atoms with E-state index in [9.17, 15) is 19.8 Å². The van der Waals surface area contributed by atoms with Crippen LogP contribution in [0.2, 0.25) is 0 Å². The molecular formula is C43H52O7. The molecule has 1 aliphatic heterocycles. The summed E-state index contributed by atoms with van der Waals surface area (Å²) in [6, 6.07) is 6.40. The molecule has 0 spiro atoms. The highest BCUT2D eigenvalue weighted by Crippen LogP contribution is 2.49. The maximum atomic E-state index is 14.2. The number of phenolic OH excluding ortho intramolecular Hbond substituents is 2. The van der Waals surface area contributed by atoms with Crippen LogP contribution in [0, 0.1) is 16.2 Å². The smallest absolute Gasteiger partial charge is 0.200 e. The van der Waals surface area contributed by atoms with Crippen LogP contribution in [0.25, 0.3) is 28.4 Å². The summed E-state index contributed by atoms with van der Waals surface area (Å²) < 4.78 is 19.5. The number of aromatic hydroxyl groups is 2. The third kappa shape index (κ3) is 6.67. The second-order valence-corrected chi connectivity index (χ2v) is 17.5. The predicted octanol–water partition coefficient (Wildman–Crippen LogP) is 10.3. The Hall–Kier alpha value is -4.52. The molecule has 3 aromatic rings. The highest BCUT2D eigenvalue weighted by atomic mass is 16.5. The molecule has 1 aromatic heterocycles. The summed E-state index contributed by atoms with van der Waals surface area (Å²) in [4.78, 5) is 28.0. The number of benzene rings is 2. The molecule has 0 fully saturated rings. The molecular weight excluding hydrogens is 628 g/mol. The van der Waals surface area contributed by atoms with Gasteiger partial charge in [-0.1, -0.05) is 74.0 Å². The lowest BCUT2D eigenvalue weighted by molar-refractivity contribution is -0.114. The van der Waals surface area contributed by atoms with Crippen LogP contribution < -0.4 is 14.9 Å². The van der Waals surface area contributed by atoms with Crippen molar-refractivity contribution in [3.63, 3.8) is 0 Å².